The van der Waals surface area contributed by atoms with Gasteiger partial charge in [0.2, 0.25) is 11.8 Å². The molecular formula is C37H42ClN9O3S2. The van der Waals surface area contributed by atoms with Crippen LogP contribution in [0.4, 0.5) is 11.5 Å². The first-order chi connectivity index (χ1) is 25.0. The lowest BCUT2D eigenvalue weighted by atomic mass is 9.87. The average molecular weight is 760 g/mol. The maximum absolute atomic E-state index is 12.5. The Morgan fingerprint density at radius 2 is 1.52 bits per heavy atom. The normalized spacial score (nSPS) is 17.8. The number of anilines is 2. The second-order valence-corrected chi connectivity index (χ2v) is 16.6. The standard InChI is InChI=1S/C24H28N6O2S.C13H14ClN3OS/c1-13(25)11-32-19-7-16-10-26-9-15(16)6-18(19)29-22-21-17-5-4-14(24(31)30(2)3)8-20(17)33-23(21)28-12-27-22;1-17(2)13(18)7-3-4-8-9(5-7)19-12-10(8)11(14)15-6-16-12/h6-7,9,12-14H,4-5,8,10-11,25H2,1-3H3,(H,27,28,29);6-7H,3-5H2,1-2H3/t13-,14+;7-/m10/s1. The van der Waals surface area contributed by atoms with Crippen LogP contribution >= 0.6 is 34.3 Å². The summed E-state index contributed by atoms with van der Waals surface area (Å²) in [5.74, 6) is 2.01. The molecule has 0 fully saturated rings. The third kappa shape index (κ3) is 7.21. The van der Waals surface area contributed by atoms with Gasteiger partial charge in [-0.2, -0.15) is 0 Å². The van der Waals surface area contributed by atoms with Crippen molar-refractivity contribution >= 4 is 84.2 Å². The number of hydrogen-bond acceptors (Lipinski definition) is 12. The number of amides is 2. The number of carbonyl (C=O) groups excluding carboxylic acids is 2. The lowest BCUT2D eigenvalue weighted by Crippen LogP contribution is -2.32. The van der Waals surface area contributed by atoms with E-state index in [2.05, 4.69) is 36.3 Å². The van der Waals surface area contributed by atoms with E-state index in [1.807, 2.05) is 47.4 Å². The molecule has 0 saturated carbocycles. The summed E-state index contributed by atoms with van der Waals surface area (Å²) < 4.78 is 6.04. The maximum atomic E-state index is 12.5. The molecule has 8 rings (SSSR count). The Hall–Kier alpha value is -4.24. The van der Waals surface area contributed by atoms with Gasteiger partial charge in [-0.05, 0) is 79.8 Å². The highest BCUT2D eigenvalue weighted by molar-refractivity contribution is 7.19. The summed E-state index contributed by atoms with van der Waals surface area (Å²) >= 11 is 9.47. The molecule has 52 heavy (non-hydrogen) atoms. The number of fused-ring (bicyclic) bond motifs is 7. The fourth-order valence-corrected chi connectivity index (χ4v) is 9.97. The van der Waals surface area contributed by atoms with Gasteiger partial charge < -0.3 is 25.6 Å². The Morgan fingerprint density at radius 1 is 0.923 bits per heavy atom. The Labute approximate surface area is 315 Å². The highest BCUT2D eigenvalue weighted by atomic mass is 35.5. The average Bonchev–Trinajstić information content (AvgIpc) is 3.84. The monoisotopic (exact) mass is 759 g/mol. The van der Waals surface area contributed by atoms with Crippen molar-refractivity contribution in [1.82, 2.24) is 29.7 Å². The molecule has 0 spiro atoms. The van der Waals surface area contributed by atoms with Gasteiger partial charge in [-0.25, -0.2) is 19.9 Å². The van der Waals surface area contributed by atoms with Crippen molar-refractivity contribution in [2.75, 3.05) is 40.1 Å². The van der Waals surface area contributed by atoms with Crippen LogP contribution in [0.25, 0.3) is 20.4 Å². The first kappa shape index (κ1) is 36.1. The number of nitrogens with two attached hydrogens (primary N) is 1. The van der Waals surface area contributed by atoms with Crippen LogP contribution in [-0.2, 0) is 41.8 Å². The van der Waals surface area contributed by atoms with Crippen molar-refractivity contribution in [1.29, 1.82) is 0 Å². The Bertz CT molecular complexity index is 2200. The Morgan fingerprint density at radius 3 is 2.13 bits per heavy atom. The molecule has 2 amide bonds. The highest BCUT2D eigenvalue weighted by Gasteiger charge is 2.31. The van der Waals surface area contributed by atoms with Crippen LogP contribution in [0.1, 0.15) is 51.8 Å². The zero-order valence-electron chi connectivity index (χ0n) is 29.9. The second-order valence-electron chi connectivity index (χ2n) is 14.0. The summed E-state index contributed by atoms with van der Waals surface area (Å²) in [6.45, 7) is 3.00. The van der Waals surface area contributed by atoms with Crippen molar-refractivity contribution < 1.29 is 14.3 Å². The predicted octanol–water partition coefficient (Wildman–Crippen LogP) is 5.82. The molecule has 2 aliphatic carbocycles. The number of benzene rings is 1. The van der Waals surface area contributed by atoms with Crippen LogP contribution in [0.2, 0.25) is 5.15 Å². The first-order valence-electron chi connectivity index (χ1n) is 17.4. The molecule has 0 unspecified atom stereocenters. The second kappa shape index (κ2) is 15.0. The van der Waals surface area contributed by atoms with Gasteiger partial charge >= 0.3 is 0 Å². The van der Waals surface area contributed by atoms with Crippen molar-refractivity contribution in [3.05, 3.63) is 61.9 Å². The van der Waals surface area contributed by atoms with E-state index in [1.54, 1.807) is 38.8 Å². The number of halogens is 1. The molecule has 4 aromatic heterocycles. The predicted molar refractivity (Wildman–Crippen MR) is 208 cm³/mol. The molecule has 12 nitrogen and oxygen atoms in total. The fourth-order valence-electron chi connectivity index (χ4n) is 7.13. The van der Waals surface area contributed by atoms with Crippen LogP contribution in [0, 0.1) is 11.8 Å². The number of aryl methyl sites for hydroxylation is 2. The van der Waals surface area contributed by atoms with Gasteiger partial charge in [0.05, 0.1) is 23.0 Å². The number of carbonyl (C=O) groups is 2. The molecule has 5 heterocycles. The van der Waals surface area contributed by atoms with E-state index in [9.17, 15) is 9.59 Å². The molecule has 5 aromatic rings. The van der Waals surface area contributed by atoms with Crippen LogP contribution < -0.4 is 15.8 Å². The Kier molecular flexibility index (Phi) is 10.4. The van der Waals surface area contributed by atoms with Gasteiger partial charge in [0.15, 0.2) is 0 Å². The molecule has 272 valence electrons. The quantitative estimate of drug-likeness (QED) is 0.196. The number of rotatable bonds is 7. The van der Waals surface area contributed by atoms with E-state index >= 15 is 0 Å². The van der Waals surface area contributed by atoms with Crippen LogP contribution in [0.5, 0.6) is 5.75 Å². The lowest BCUT2D eigenvalue weighted by molar-refractivity contribution is -0.134. The number of nitrogens with zero attached hydrogens (tertiary/aromatic N) is 7. The number of aliphatic imine (C=N–C) groups is 1. The van der Waals surface area contributed by atoms with Gasteiger partial charge in [-0.3, -0.25) is 14.6 Å². The molecule has 0 radical (unpaired) electrons. The Balaban J connectivity index is 0.000000187. The van der Waals surface area contributed by atoms with E-state index in [-0.39, 0.29) is 29.7 Å². The smallest absolute Gasteiger partial charge is 0.225 e. The lowest BCUT2D eigenvalue weighted by Gasteiger charge is -2.24. The highest BCUT2D eigenvalue weighted by Crippen LogP contribution is 2.43. The summed E-state index contributed by atoms with van der Waals surface area (Å²) in [6, 6.07) is 4.02. The van der Waals surface area contributed by atoms with Gasteiger partial charge in [-0.1, -0.05) is 11.6 Å². The molecule has 3 N–H and O–H groups in total. The summed E-state index contributed by atoms with van der Waals surface area (Å²) in [6.07, 6.45) is 9.96. The molecule has 1 aliphatic heterocycles. The van der Waals surface area contributed by atoms with Crippen LogP contribution in [0.15, 0.2) is 29.8 Å². The molecule has 3 atom stereocenters. The van der Waals surface area contributed by atoms with Crippen molar-refractivity contribution in [3.8, 4) is 5.75 Å². The summed E-state index contributed by atoms with van der Waals surface area (Å²) in [5.41, 5.74) is 11.5. The summed E-state index contributed by atoms with van der Waals surface area (Å²) in [4.78, 5) is 54.1. The van der Waals surface area contributed by atoms with E-state index in [1.165, 1.54) is 27.2 Å². The number of ether oxygens (including phenoxy) is 1. The zero-order chi connectivity index (χ0) is 36.7. The molecule has 15 heteroatoms. The fraction of sp³-hybridized carbons (Fsp3) is 0.432. The van der Waals surface area contributed by atoms with Crippen LogP contribution in [0.3, 0.4) is 0 Å². The number of aromatic nitrogens is 4. The molecule has 1 aromatic carbocycles. The number of thiophene rings is 2. The minimum atomic E-state index is -0.0742. The SMILES string of the molecule is CN(C)C(=O)[C@H]1CCc2c(sc3ncnc(Cl)c23)C1.C[C@@H](N)COc1cc2c(cc1Nc1ncnc3sc4c(c13)CC[C@H](C(=O)N(C)C)C4)C=NC2. The van der Waals surface area contributed by atoms with Crippen molar-refractivity contribution in [2.24, 2.45) is 22.6 Å². The van der Waals surface area contributed by atoms with E-state index in [0.717, 1.165) is 87.3 Å². The van der Waals surface area contributed by atoms with Gasteiger partial charge in [0.25, 0.3) is 0 Å². The van der Waals surface area contributed by atoms with Crippen molar-refractivity contribution in [3.63, 3.8) is 0 Å². The topological polar surface area (TPSA) is 152 Å². The third-order valence-corrected chi connectivity index (χ3v) is 12.3. The molecule has 0 bridgehead atoms. The molecule has 0 saturated heterocycles. The third-order valence-electron chi connectivity index (χ3n) is 9.71. The molecule has 3 aliphatic rings. The van der Waals surface area contributed by atoms with Crippen LogP contribution in [-0.4, -0.2) is 88.6 Å². The summed E-state index contributed by atoms with van der Waals surface area (Å²) in [7, 11) is 7.27. The van der Waals surface area contributed by atoms with Crippen molar-refractivity contribution in [2.45, 2.75) is 58.0 Å². The minimum absolute atomic E-state index is 0.0270. The number of hydrogen-bond donors (Lipinski definition) is 2. The molecular weight excluding hydrogens is 718 g/mol. The van der Waals surface area contributed by atoms with Gasteiger partial charge in [0.1, 0.15) is 45.6 Å². The van der Waals surface area contributed by atoms with E-state index in [0.29, 0.717) is 18.3 Å². The van der Waals surface area contributed by atoms with Gasteiger partial charge in [-0.15, -0.1) is 22.7 Å². The summed E-state index contributed by atoms with van der Waals surface area (Å²) in [5, 5.41) is 6.07. The minimum Gasteiger partial charge on any atom is -0.490 e. The number of nitrogens with one attached hydrogen (secondary N) is 1. The first-order valence-corrected chi connectivity index (χ1v) is 19.4. The van der Waals surface area contributed by atoms with E-state index < -0.39 is 0 Å². The zero-order valence-corrected chi connectivity index (χ0v) is 32.3. The maximum Gasteiger partial charge on any atom is 0.225 e. The van der Waals surface area contributed by atoms with Gasteiger partial charge in [0, 0.05) is 62.0 Å². The largest absolute Gasteiger partial charge is 0.490 e. The van der Waals surface area contributed by atoms with E-state index in [4.69, 9.17) is 22.1 Å².